The van der Waals surface area contributed by atoms with Crippen molar-refractivity contribution in [2.45, 2.75) is 40.5 Å². The molecule has 32 heavy (non-hydrogen) atoms. The zero-order chi connectivity index (χ0) is 23.0. The average Bonchev–Trinajstić information content (AvgIpc) is 3.01. The van der Waals surface area contributed by atoms with Gasteiger partial charge in [0.15, 0.2) is 0 Å². The zero-order valence-corrected chi connectivity index (χ0v) is 19.2. The van der Waals surface area contributed by atoms with Gasteiger partial charge in [-0.25, -0.2) is 4.90 Å². The number of nitrogens with one attached hydrogen (secondary N) is 1. The number of carbonyl (C=O) groups excluding carboxylic acids is 2. The van der Waals surface area contributed by atoms with Gasteiger partial charge in [-0.3, -0.25) is 9.59 Å². The van der Waals surface area contributed by atoms with Gasteiger partial charge in [0.05, 0.1) is 11.3 Å². The molecular formula is C28H28N2O2. The van der Waals surface area contributed by atoms with Gasteiger partial charge in [-0.05, 0) is 73.2 Å². The Kier molecular flexibility index (Phi) is 5.70. The lowest BCUT2D eigenvalue weighted by Crippen LogP contribution is -2.32. The molecule has 4 nitrogen and oxygen atoms in total. The van der Waals surface area contributed by atoms with Crippen molar-refractivity contribution in [3.63, 3.8) is 0 Å². The van der Waals surface area contributed by atoms with E-state index in [-0.39, 0.29) is 11.8 Å². The summed E-state index contributed by atoms with van der Waals surface area (Å²) in [5.41, 5.74) is 7.28. The molecule has 0 radical (unpaired) electrons. The molecule has 0 bridgehead atoms. The molecule has 1 aliphatic heterocycles. The first kappa shape index (κ1) is 21.6. The summed E-state index contributed by atoms with van der Waals surface area (Å²) in [7, 11) is 0. The van der Waals surface area contributed by atoms with E-state index in [0.29, 0.717) is 22.9 Å². The third kappa shape index (κ3) is 3.96. The summed E-state index contributed by atoms with van der Waals surface area (Å²) in [5.74, 6) is -0.289. The largest absolute Gasteiger partial charge is 0.350 e. The molecule has 0 aliphatic carbocycles. The van der Waals surface area contributed by atoms with Crippen LogP contribution in [0, 0.1) is 20.8 Å². The Bertz CT molecular complexity index is 1220. The predicted octanol–water partition coefficient (Wildman–Crippen LogP) is 6.13. The van der Waals surface area contributed by atoms with Crippen molar-refractivity contribution in [3.05, 3.63) is 100 Å². The number of hydrogen-bond acceptors (Lipinski definition) is 3. The first-order valence-electron chi connectivity index (χ1n) is 10.9. The Morgan fingerprint density at radius 1 is 0.750 bits per heavy atom. The number of carbonyl (C=O) groups is 2. The maximum Gasteiger partial charge on any atom is 0.282 e. The molecule has 1 N–H and O–H groups in total. The smallest absolute Gasteiger partial charge is 0.282 e. The maximum atomic E-state index is 13.6. The molecule has 0 saturated heterocycles. The highest BCUT2D eigenvalue weighted by molar-refractivity contribution is 6.46. The van der Waals surface area contributed by atoms with Gasteiger partial charge in [-0.2, -0.15) is 0 Å². The van der Waals surface area contributed by atoms with Gasteiger partial charge in [0.1, 0.15) is 5.70 Å². The molecular weight excluding hydrogens is 396 g/mol. The topological polar surface area (TPSA) is 49.4 Å². The Balaban J connectivity index is 1.80. The van der Waals surface area contributed by atoms with Crippen molar-refractivity contribution in [1.29, 1.82) is 0 Å². The summed E-state index contributed by atoms with van der Waals surface area (Å²) in [6.07, 6.45) is 0. The highest BCUT2D eigenvalue weighted by Gasteiger charge is 2.40. The first-order valence-corrected chi connectivity index (χ1v) is 10.9. The average molecular weight is 425 g/mol. The van der Waals surface area contributed by atoms with E-state index in [9.17, 15) is 9.59 Å². The molecule has 0 aromatic heterocycles. The summed E-state index contributed by atoms with van der Waals surface area (Å²) in [5, 5.41) is 3.23. The van der Waals surface area contributed by atoms with E-state index in [1.807, 2.05) is 87.5 Å². The minimum atomic E-state index is -0.346. The van der Waals surface area contributed by atoms with Crippen molar-refractivity contribution in [2.75, 3.05) is 10.2 Å². The third-order valence-electron chi connectivity index (χ3n) is 6.02. The molecule has 1 heterocycles. The molecule has 4 rings (SSSR count). The van der Waals surface area contributed by atoms with E-state index in [4.69, 9.17) is 0 Å². The Hall–Kier alpha value is -3.66. The minimum Gasteiger partial charge on any atom is -0.350 e. The van der Waals surface area contributed by atoms with Crippen LogP contribution >= 0.6 is 0 Å². The van der Waals surface area contributed by atoms with Crippen LogP contribution in [0.2, 0.25) is 0 Å². The second kappa shape index (κ2) is 8.46. The number of aryl methyl sites for hydroxylation is 3. The Morgan fingerprint density at radius 3 is 2.00 bits per heavy atom. The van der Waals surface area contributed by atoms with Gasteiger partial charge in [-0.1, -0.05) is 61.9 Å². The molecule has 2 amide bonds. The molecule has 0 saturated carbocycles. The number of nitrogens with zero attached hydrogens (tertiary/aromatic N) is 1. The lowest BCUT2D eigenvalue weighted by Gasteiger charge is -2.16. The van der Waals surface area contributed by atoms with Crippen LogP contribution in [0.1, 0.15) is 47.6 Å². The quantitative estimate of drug-likeness (QED) is 0.501. The number of rotatable bonds is 5. The van der Waals surface area contributed by atoms with Crippen molar-refractivity contribution < 1.29 is 9.59 Å². The van der Waals surface area contributed by atoms with Crippen LogP contribution in [0.4, 0.5) is 11.4 Å². The minimum absolute atomic E-state index is 0.301. The van der Waals surface area contributed by atoms with E-state index < -0.39 is 0 Å². The second-order valence-electron chi connectivity index (χ2n) is 8.73. The molecule has 3 aromatic rings. The number of imide groups is 1. The fraction of sp³-hybridized carbons (Fsp3) is 0.214. The molecule has 1 aliphatic rings. The predicted molar refractivity (Wildman–Crippen MR) is 131 cm³/mol. The number of benzene rings is 3. The molecule has 0 atom stereocenters. The summed E-state index contributed by atoms with van der Waals surface area (Å²) in [6, 6.07) is 21.3. The fourth-order valence-corrected chi connectivity index (χ4v) is 3.83. The van der Waals surface area contributed by atoms with Crippen molar-refractivity contribution >= 4 is 28.8 Å². The Labute approximate surface area is 189 Å². The molecule has 3 aromatic carbocycles. The van der Waals surface area contributed by atoms with Crippen LogP contribution in [-0.2, 0) is 9.59 Å². The summed E-state index contributed by atoms with van der Waals surface area (Å²) in [4.78, 5) is 28.4. The second-order valence-corrected chi connectivity index (χ2v) is 8.73. The maximum absolute atomic E-state index is 13.6. The van der Waals surface area contributed by atoms with Gasteiger partial charge in [-0.15, -0.1) is 0 Å². The number of anilines is 2. The first-order chi connectivity index (χ1) is 15.3. The standard InChI is InChI=1S/C28H28N2O2/c1-17(2)21-10-14-24(15-11-21)30-27(31)25(22-9-8-19(4)20(5)16-22)26(28(30)32)29-23-12-6-18(3)7-13-23/h6-17,29H,1-5H3. The van der Waals surface area contributed by atoms with Gasteiger partial charge in [0.25, 0.3) is 11.8 Å². The van der Waals surface area contributed by atoms with Crippen LogP contribution in [0.15, 0.2) is 72.4 Å². The van der Waals surface area contributed by atoms with E-state index in [0.717, 1.165) is 33.5 Å². The zero-order valence-electron chi connectivity index (χ0n) is 19.2. The summed E-state index contributed by atoms with van der Waals surface area (Å²) >= 11 is 0. The van der Waals surface area contributed by atoms with Crippen LogP contribution in [0.3, 0.4) is 0 Å². The monoisotopic (exact) mass is 424 g/mol. The van der Waals surface area contributed by atoms with Crippen molar-refractivity contribution in [2.24, 2.45) is 0 Å². The number of amides is 2. The van der Waals surface area contributed by atoms with E-state index >= 15 is 0 Å². The van der Waals surface area contributed by atoms with Gasteiger partial charge < -0.3 is 5.32 Å². The van der Waals surface area contributed by atoms with Crippen LogP contribution < -0.4 is 10.2 Å². The normalized spacial score (nSPS) is 14.0. The van der Waals surface area contributed by atoms with Crippen LogP contribution in [0.25, 0.3) is 5.57 Å². The van der Waals surface area contributed by atoms with Crippen molar-refractivity contribution in [1.82, 2.24) is 0 Å². The highest BCUT2D eigenvalue weighted by Crippen LogP contribution is 2.35. The third-order valence-corrected chi connectivity index (χ3v) is 6.02. The SMILES string of the molecule is Cc1ccc(NC2=C(c3ccc(C)c(C)c3)C(=O)N(c3ccc(C(C)C)cc3)C2=O)cc1. The van der Waals surface area contributed by atoms with E-state index in [2.05, 4.69) is 19.2 Å². The molecule has 0 unspecified atom stereocenters. The fourth-order valence-electron chi connectivity index (χ4n) is 3.83. The Morgan fingerprint density at radius 2 is 1.41 bits per heavy atom. The van der Waals surface area contributed by atoms with Gasteiger partial charge in [0, 0.05) is 5.69 Å². The van der Waals surface area contributed by atoms with Crippen LogP contribution in [-0.4, -0.2) is 11.8 Å². The number of hydrogen-bond donors (Lipinski definition) is 1. The van der Waals surface area contributed by atoms with Gasteiger partial charge in [0.2, 0.25) is 0 Å². The summed E-state index contributed by atoms with van der Waals surface area (Å²) in [6.45, 7) is 10.3. The summed E-state index contributed by atoms with van der Waals surface area (Å²) < 4.78 is 0. The van der Waals surface area contributed by atoms with E-state index in [1.165, 1.54) is 4.90 Å². The van der Waals surface area contributed by atoms with Crippen molar-refractivity contribution in [3.8, 4) is 0 Å². The lowest BCUT2D eigenvalue weighted by molar-refractivity contribution is -0.120. The van der Waals surface area contributed by atoms with Gasteiger partial charge >= 0.3 is 0 Å². The molecule has 0 fully saturated rings. The van der Waals surface area contributed by atoms with Crippen LogP contribution in [0.5, 0.6) is 0 Å². The molecule has 162 valence electrons. The van der Waals surface area contributed by atoms with E-state index in [1.54, 1.807) is 0 Å². The highest BCUT2D eigenvalue weighted by atomic mass is 16.2. The lowest BCUT2D eigenvalue weighted by atomic mass is 9.99. The molecule has 4 heteroatoms. The molecule has 0 spiro atoms.